The highest BCUT2D eigenvalue weighted by molar-refractivity contribution is 6.06. The van der Waals surface area contributed by atoms with E-state index in [9.17, 15) is 9.90 Å². The molecule has 0 bridgehead atoms. The number of aromatic hydroxyl groups is 1. The van der Waals surface area contributed by atoms with E-state index < -0.39 is 5.97 Å². The minimum Gasteiger partial charge on any atom is -0.506 e. The van der Waals surface area contributed by atoms with Crippen LogP contribution in [0.15, 0.2) is 48.5 Å². The van der Waals surface area contributed by atoms with E-state index >= 15 is 0 Å². The van der Waals surface area contributed by atoms with Gasteiger partial charge in [0.05, 0.1) is 19.1 Å². The Morgan fingerprint density at radius 1 is 1.17 bits per heavy atom. The summed E-state index contributed by atoms with van der Waals surface area (Å²) in [6.07, 6.45) is 0.303. The zero-order valence-corrected chi connectivity index (χ0v) is 16.3. The van der Waals surface area contributed by atoms with Crippen LogP contribution in [0.25, 0.3) is 10.8 Å². The van der Waals surface area contributed by atoms with Crippen LogP contribution >= 0.6 is 0 Å². The van der Waals surface area contributed by atoms with Gasteiger partial charge >= 0.3 is 5.97 Å². The Morgan fingerprint density at radius 2 is 1.97 bits per heavy atom. The molecule has 4 rings (SSSR count). The lowest BCUT2D eigenvalue weighted by molar-refractivity contribution is 0.00576. The van der Waals surface area contributed by atoms with E-state index in [2.05, 4.69) is 0 Å². The molecule has 1 N–H and O–H groups in total. The Morgan fingerprint density at radius 3 is 2.72 bits per heavy atom. The van der Waals surface area contributed by atoms with Gasteiger partial charge in [-0.3, -0.25) is 0 Å². The van der Waals surface area contributed by atoms with Crippen LogP contribution < -0.4 is 9.47 Å². The number of benzene rings is 3. The van der Waals surface area contributed by atoms with Crippen molar-refractivity contribution < 1.29 is 28.8 Å². The molecule has 29 heavy (non-hydrogen) atoms. The first-order valence-electron chi connectivity index (χ1n) is 9.39. The Kier molecular flexibility index (Phi) is 5.27. The van der Waals surface area contributed by atoms with Crippen LogP contribution in [0.1, 0.15) is 28.4 Å². The van der Waals surface area contributed by atoms with Gasteiger partial charge < -0.3 is 24.1 Å². The van der Waals surface area contributed by atoms with Crippen molar-refractivity contribution in [2.24, 2.45) is 0 Å². The van der Waals surface area contributed by atoms with Gasteiger partial charge in [0.2, 0.25) is 0 Å². The van der Waals surface area contributed by atoms with Gasteiger partial charge in [-0.25, -0.2) is 4.79 Å². The largest absolute Gasteiger partial charge is 0.506 e. The molecule has 1 aliphatic heterocycles. The third kappa shape index (κ3) is 3.84. The first-order chi connectivity index (χ1) is 14.1. The molecule has 0 saturated heterocycles. The van der Waals surface area contributed by atoms with Crippen molar-refractivity contribution in [2.45, 2.75) is 26.1 Å². The predicted molar refractivity (Wildman–Crippen MR) is 107 cm³/mol. The molecule has 0 spiro atoms. The molecule has 1 heterocycles. The average molecular weight is 394 g/mol. The number of cyclic esters (lactones) is 1. The maximum atomic E-state index is 12.3. The Hall–Kier alpha value is -3.25. The highest BCUT2D eigenvalue weighted by Gasteiger charge is 2.29. The van der Waals surface area contributed by atoms with Gasteiger partial charge in [0.25, 0.3) is 0 Å². The molecule has 1 aliphatic rings. The normalized spacial score (nSPS) is 15.7. The van der Waals surface area contributed by atoms with E-state index in [0.717, 1.165) is 16.5 Å². The van der Waals surface area contributed by atoms with Crippen molar-refractivity contribution in [2.75, 3.05) is 13.9 Å². The smallest absolute Gasteiger partial charge is 0.342 e. The lowest BCUT2D eigenvalue weighted by atomic mass is 9.93. The second-order valence-electron chi connectivity index (χ2n) is 7.00. The molecule has 0 aliphatic carbocycles. The van der Waals surface area contributed by atoms with E-state index in [1.807, 2.05) is 43.3 Å². The van der Waals surface area contributed by atoms with Gasteiger partial charge in [0.15, 0.2) is 6.79 Å². The van der Waals surface area contributed by atoms with Crippen LogP contribution in [0.3, 0.4) is 0 Å². The summed E-state index contributed by atoms with van der Waals surface area (Å²) in [4.78, 5) is 12.3. The number of rotatable bonds is 6. The SMILES string of the molecule is COc1cc(OCOCc2ccccc2)c2c(O)c3c(cc2c1)C[C@@H](C)OC3=O. The molecule has 0 fully saturated rings. The molecule has 6 heteroatoms. The molecule has 0 saturated carbocycles. The Balaban J connectivity index is 1.65. The summed E-state index contributed by atoms with van der Waals surface area (Å²) in [6.45, 7) is 2.20. The molecular weight excluding hydrogens is 372 g/mol. The van der Waals surface area contributed by atoms with Crippen LogP contribution in [0.2, 0.25) is 0 Å². The third-order valence-corrected chi connectivity index (χ3v) is 4.90. The molecule has 0 aromatic heterocycles. The minimum atomic E-state index is -0.528. The molecule has 150 valence electrons. The molecule has 3 aromatic rings. The van der Waals surface area contributed by atoms with Crippen LogP contribution in [0.5, 0.6) is 17.2 Å². The van der Waals surface area contributed by atoms with Gasteiger partial charge in [0.1, 0.15) is 28.9 Å². The van der Waals surface area contributed by atoms with Crippen molar-refractivity contribution in [3.63, 3.8) is 0 Å². The summed E-state index contributed by atoms with van der Waals surface area (Å²) in [5.41, 5.74) is 1.97. The quantitative estimate of drug-likeness (QED) is 0.384. The average Bonchev–Trinajstić information content (AvgIpc) is 2.70. The number of phenols is 1. The second kappa shape index (κ2) is 8.01. The third-order valence-electron chi connectivity index (χ3n) is 4.90. The maximum Gasteiger partial charge on any atom is 0.342 e. The summed E-state index contributed by atoms with van der Waals surface area (Å²) >= 11 is 0. The number of carbonyl (C=O) groups excluding carboxylic acids is 1. The van der Waals surface area contributed by atoms with Gasteiger partial charge in [-0.2, -0.15) is 0 Å². The number of hydrogen-bond donors (Lipinski definition) is 1. The van der Waals surface area contributed by atoms with E-state index in [1.165, 1.54) is 0 Å². The number of fused-ring (bicyclic) bond motifs is 2. The summed E-state index contributed by atoms with van der Waals surface area (Å²) < 4.78 is 22.1. The molecule has 6 nitrogen and oxygen atoms in total. The number of methoxy groups -OCH3 is 1. The molecule has 0 radical (unpaired) electrons. The van der Waals surface area contributed by atoms with E-state index in [1.54, 1.807) is 19.2 Å². The highest BCUT2D eigenvalue weighted by atomic mass is 16.7. The van der Waals surface area contributed by atoms with Gasteiger partial charge in [-0.1, -0.05) is 30.3 Å². The molecule has 3 aromatic carbocycles. The first-order valence-corrected chi connectivity index (χ1v) is 9.39. The van der Waals surface area contributed by atoms with E-state index in [0.29, 0.717) is 29.9 Å². The monoisotopic (exact) mass is 394 g/mol. The summed E-state index contributed by atoms with van der Waals surface area (Å²) in [5, 5.41) is 12.0. The van der Waals surface area contributed by atoms with Crippen molar-refractivity contribution in [3.05, 3.63) is 65.2 Å². The van der Waals surface area contributed by atoms with Crippen LogP contribution in [-0.4, -0.2) is 31.1 Å². The standard InChI is InChI=1S/C23H22O6/c1-14-8-16-9-17-10-18(26-2)11-19(20(17)22(24)21(16)23(25)29-14)28-13-27-12-15-6-4-3-5-7-15/h3-7,9-11,14,24H,8,12-13H2,1-2H3/t14-/m1/s1. The lowest BCUT2D eigenvalue weighted by Gasteiger charge is -2.24. The predicted octanol–water partition coefficient (Wildman–Crippen LogP) is 4.21. The fourth-order valence-corrected chi connectivity index (χ4v) is 3.57. The zero-order valence-electron chi connectivity index (χ0n) is 16.3. The molecule has 0 amide bonds. The van der Waals surface area contributed by atoms with Crippen LogP contribution in [-0.2, 0) is 22.5 Å². The van der Waals surface area contributed by atoms with Crippen molar-refractivity contribution in [1.82, 2.24) is 0 Å². The summed E-state index contributed by atoms with van der Waals surface area (Å²) in [7, 11) is 1.56. The number of carbonyl (C=O) groups is 1. The van der Waals surface area contributed by atoms with Crippen LogP contribution in [0, 0.1) is 0 Å². The van der Waals surface area contributed by atoms with Crippen molar-refractivity contribution in [1.29, 1.82) is 0 Å². The topological polar surface area (TPSA) is 74.2 Å². The Labute approximate surface area is 168 Å². The number of hydrogen-bond acceptors (Lipinski definition) is 6. The summed E-state index contributed by atoms with van der Waals surface area (Å²) in [5.74, 6) is 0.288. The molecular formula is C23H22O6. The van der Waals surface area contributed by atoms with Crippen molar-refractivity contribution in [3.8, 4) is 17.2 Å². The summed E-state index contributed by atoms with van der Waals surface area (Å²) in [6, 6.07) is 15.1. The molecule has 1 atom stereocenters. The van der Waals surface area contributed by atoms with E-state index in [4.69, 9.17) is 18.9 Å². The maximum absolute atomic E-state index is 12.3. The number of ether oxygens (including phenoxy) is 4. The minimum absolute atomic E-state index is 0.0187. The zero-order chi connectivity index (χ0) is 20.4. The number of phenolic OH excluding ortho intramolecular Hbond substituents is 1. The highest BCUT2D eigenvalue weighted by Crippen LogP contribution is 2.42. The number of esters is 1. The fourth-order valence-electron chi connectivity index (χ4n) is 3.57. The Bertz CT molecular complexity index is 1040. The van der Waals surface area contributed by atoms with Gasteiger partial charge in [-0.05, 0) is 35.6 Å². The molecule has 0 unspecified atom stereocenters. The second-order valence-corrected chi connectivity index (χ2v) is 7.00. The van der Waals surface area contributed by atoms with Crippen LogP contribution in [0.4, 0.5) is 0 Å². The fraction of sp³-hybridized carbons (Fsp3) is 0.261. The van der Waals surface area contributed by atoms with Crippen molar-refractivity contribution >= 4 is 16.7 Å². The van der Waals surface area contributed by atoms with Gasteiger partial charge in [0, 0.05) is 12.5 Å². The van der Waals surface area contributed by atoms with E-state index in [-0.39, 0.29) is 24.2 Å². The first kappa shape index (κ1) is 19.1. The lowest BCUT2D eigenvalue weighted by Crippen LogP contribution is -2.25. The van der Waals surface area contributed by atoms with Gasteiger partial charge in [-0.15, -0.1) is 0 Å².